The van der Waals surface area contributed by atoms with E-state index in [1.54, 1.807) is 30.5 Å². The fraction of sp³-hybridized carbons (Fsp3) is 0.190. The van der Waals surface area contributed by atoms with Crippen LogP contribution in [0.1, 0.15) is 30.2 Å². The highest BCUT2D eigenvalue weighted by atomic mass is 19.1. The third kappa shape index (κ3) is 4.72. The van der Waals surface area contributed by atoms with Gasteiger partial charge in [-0.25, -0.2) is 4.39 Å². The summed E-state index contributed by atoms with van der Waals surface area (Å²) in [5, 5.41) is 2.98. The number of halogens is 1. The Labute approximate surface area is 151 Å². The van der Waals surface area contributed by atoms with E-state index in [4.69, 9.17) is 9.15 Å². The SMILES string of the molecule is O=C(CCCOc1ccccc1F)NC(c1ccccc1)c1ccco1. The second-order valence-corrected chi connectivity index (χ2v) is 5.81. The molecule has 0 bridgehead atoms. The van der Waals surface area contributed by atoms with Crippen LogP contribution in [0.25, 0.3) is 0 Å². The topological polar surface area (TPSA) is 51.5 Å². The predicted molar refractivity (Wildman–Crippen MR) is 96.3 cm³/mol. The molecule has 3 rings (SSSR count). The van der Waals surface area contributed by atoms with Crippen molar-refractivity contribution in [3.8, 4) is 5.75 Å². The first kappa shape index (κ1) is 17.7. The molecule has 0 radical (unpaired) electrons. The van der Waals surface area contributed by atoms with E-state index < -0.39 is 5.82 Å². The average Bonchev–Trinajstić information content (AvgIpc) is 3.20. The lowest BCUT2D eigenvalue weighted by Crippen LogP contribution is -2.29. The van der Waals surface area contributed by atoms with Crippen molar-refractivity contribution in [3.05, 3.63) is 90.1 Å². The highest BCUT2D eigenvalue weighted by molar-refractivity contribution is 5.76. The molecular formula is C21H20FNO3. The van der Waals surface area contributed by atoms with Gasteiger partial charge in [-0.1, -0.05) is 42.5 Å². The first-order valence-corrected chi connectivity index (χ1v) is 8.49. The predicted octanol–water partition coefficient (Wildman–Crippen LogP) is 4.48. The number of hydrogen-bond acceptors (Lipinski definition) is 3. The Morgan fingerprint density at radius 2 is 1.81 bits per heavy atom. The zero-order valence-corrected chi connectivity index (χ0v) is 14.2. The maximum absolute atomic E-state index is 13.5. The van der Waals surface area contributed by atoms with Gasteiger partial charge in [0.2, 0.25) is 5.91 Å². The fourth-order valence-corrected chi connectivity index (χ4v) is 2.63. The number of benzene rings is 2. The number of amides is 1. The number of ether oxygens (including phenoxy) is 1. The summed E-state index contributed by atoms with van der Waals surface area (Å²) in [6.07, 6.45) is 2.35. The molecule has 1 N–H and O–H groups in total. The van der Waals surface area contributed by atoms with Gasteiger partial charge >= 0.3 is 0 Å². The summed E-state index contributed by atoms with van der Waals surface area (Å²) in [5.74, 6) is 0.351. The first-order chi connectivity index (χ1) is 12.7. The van der Waals surface area contributed by atoms with Gasteiger partial charge < -0.3 is 14.5 Å². The molecule has 1 heterocycles. The standard InChI is InChI=1S/C21H20FNO3/c22-17-10-4-5-11-18(17)25-15-7-13-20(24)23-21(19-12-6-14-26-19)16-8-2-1-3-9-16/h1-6,8-12,14,21H,7,13,15H2,(H,23,24). The summed E-state index contributed by atoms with van der Waals surface area (Å²) < 4.78 is 24.3. The summed E-state index contributed by atoms with van der Waals surface area (Å²) >= 11 is 0. The fourth-order valence-electron chi connectivity index (χ4n) is 2.63. The van der Waals surface area contributed by atoms with Gasteiger partial charge in [-0.3, -0.25) is 4.79 Å². The number of carbonyl (C=O) groups excluding carboxylic acids is 1. The van der Waals surface area contributed by atoms with Crippen molar-refractivity contribution >= 4 is 5.91 Å². The Balaban J connectivity index is 1.53. The zero-order valence-electron chi connectivity index (χ0n) is 14.2. The van der Waals surface area contributed by atoms with Crippen LogP contribution in [0, 0.1) is 5.82 Å². The molecule has 0 saturated carbocycles. The molecule has 0 fully saturated rings. The van der Waals surface area contributed by atoms with Crippen LogP contribution in [-0.2, 0) is 4.79 Å². The molecule has 4 nitrogen and oxygen atoms in total. The van der Waals surface area contributed by atoms with Gasteiger partial charge in [-0.05, 0) is 36.2 Å². The van der Waals surface area contributed by atoms with E-state index in [1.165, 1.54) is 6.07 Å². The molecule has 1 unspecified atom stereocenters. The van der Waals surface area contributed by atoms with Gasteiger partial charge in [0.1, 0.15) is 11.8 Å². The van der Waals surface area contributed by atoms with Crippen LogP contribution in [0.5, 0.6) is 5.75 Å². The zero-order chi connectivity index (χ0) is 18.2. The highest BCUT2D eigenvalue weighted by Gasteiger charge is 2.19. The van der Waals surface area contributed by atoms with E-state index in [0.717, 1.165) is 5.56 Å². The van der Waals surface area contributed by atoms with E-state index in [0.29, 0.717) is 12.2 Å². The molecule has 134 valence electrons. The van der Waals surface area contributed by atoms with Crippen molar-refractivity contribution in [3.63, 3.8) is 0 Å². The number of carbonyl (C=O) groups is 1. The molecular weight excluding hydrogens is 333 g/mol. The lowest BCUT2D eigenvalue weighted by atomic mass is 10.0. The van der Waals surface area contributed by atoms with Gasteiger partial charge in [-0.15, -0.1) is 0 Å². The van der Waals surface area contributed by atoms with Crippen molar-refractivity contribution < 1.29 is 18.3 Å². The quantitative estimate of drug-likeness (QED) is 0.607. The lowest BCUT2D eigenvalue weighted by Gasteiger charge is -2.17. The second-order valence-electron chi connectivity index (χ2n) is 5.81. The van der Waals surface area contributed by atoms with Crippen LogP contribution in [0.3, 0.4) is 0 Å². The Morgan fingerprint density at radius 3 is 2.54 bits per heavy atom. The van der Waals surface area contributed by atoms with Crippen molar-refractivity contribution in [2.75, 3.05) is 6.61 Å². The minimum atomic E-state index is -0.404. The van der Waals surface area contributed by atoms with Crippen LogP contribution in [-0.4, -0.2) is 12.5 Å². The van der Waals surface area contributed by atoms with Crippen LogP contribution in [0.2, 0.25) is 0 Å². The molecule has 1 aromatic heterocycles. The Morgan fingerprint density at radius 1 is 1.04 bits per heavy atom. The first-order valence-electron chi connectivity index (χ1n) is 8.49. The molecule has 0 aliphatic rings. The number of nitrogens with one attached hydrogen (secondary N) is 1. The molecule has 5 heteroatoms. The van der Waals surface area contributed by atoms with Crippen molar-refractivity contribution in [1.82, 2.24) is 5.32 Å². The minimum absolute atomic E-state index is 0.118. The molecule has 1 amide bonds. The molecule has 0 aliphatic heterocycles. The second kappa shape index (κ2) is 8.85. The number of furan rings is 1. The number of rotatable bonds is 8. The summed E-state index contributed by atoms with van der Waals surface area (Å²) in [7, 11) is 0. The molecule has 26 heavy (non-hydrogen) atoms. The summed E-state index contributed by atoms with van der Waals surface area (Å²) in [4.78, 5) is 12.3. The average molecular weight is 353 g/mol. The molecule has 0 aliphatic carbocycles. The van der Waals surface area contributed by atoms with Crippen molar-refractivity contribution in [2.24, 2.45) is 0 Å². The molecule has 1 atom stereocenters. The maximum atomic E-state index is 13.5. The van der Waals surface area contributed by atoms with E-state index in [2.05, 4.69) is 5.32 Å². The van der Waals surface area contributed by atoms with Crippen LogP contribution >= 0.6 is 0 Å². The number of hydrogen-bond donors (Lipinski definition) is 1. The van der Waals surface area contributed by atoms with Gasteiger partial charge in [0, 0.05) is 6.42 Å². The van der Waals surface area contributed by atoms with Crippen LogP contribution < -0.4 is 10.1 Å². The summed E-state index contributed by atoms with van der Waals surface area (Å²) in [6, 6.07) is 19.1. The van der Waals surface area contributed by atoms with Gasteiger partial charge in [-0.2, -0.15) is 0 Å². The minimum Gasteiger partial charge on any atom is -0.491 e. The summed E-state index contributed by atoms with van der Waals surface area (Å²) in [6.45, 7) is 0.269. The third-order valence-corrected chi connectivity index (χ3v) is 3.91. The van der Waals surface area contributed by atoms with E-state index >= 15 is 0 Å². The van der Waals surface area contributed by atoms with Gasteiger partial charge in [0.15, 0.2) is 11.6 Å². The van der Waals surface area contributed by atoms with Gasteiger partial charge in [0.05, 0.1) is 12.9 Å². The van der Waals surface area contributed by atoms with Crippen LogP contribution in [0.15, 0.2) is 77.4 Å². The monoisotopic (exact) mass is 353 g/mol. The van der Waals surface area contributed by atoms with Crippen LogP contribution in [0.4, 0.5) is 4.39 Å². The molecule has 2 aromatic carbocycles. The molecule has 0 spiro atoms. The Bertz CT molecular complexity index is 818. The molecule has 3 aromatic rings. The van der Waals surface area contributed by atoms with Gasteiger partial charge in [0.25, 0.3) is 0 Å². The van der Waals surface area contributed by atoms with Crippen molar-refractivity contribution in [2.45, 2.75) is 18.9 Å². The van der Waals surface area contributed by atoms with Crippen molar-refractivity contribution in [1.29, 1.82) is 0 Å². The Hall–Kier alpha value is -3.08. The normalized spacial score (nSPS) is 11.7. The van der Waals surface area contributed by atoms with E-state index in [-0.39, 0.29) is 30.7 Å². The molecule has 0 saturated heterocycles. The maximum Gasteiger partial charge on any atom is 0.220 e. The Kier molecular flexibility index (Phi) is 6.04. The largest absolute Gasteiger partial charge is 0.491 e. The summed E-state index contributed by atoms with van der Waals surface area (Å²) in [5.41, 5.74) is 0.943. The third-order valence-electron chi connectivity index (χ3n) is 3.91. The smallest absolute Gasteiger partial charge is 0.220 e. The highest BCUT2D eigenvalue weighted by Crippen LogP contribution is 2.22. The lowest BCUT2D eigenvalue weighted by molar-refractivity contribution is -0.121. The van der Waals surface area contributed by atoms with E-state index in [9.17, 15) is 9.18 Å². The number of para-hydroxylation sites is 1. The van der Waals surface area contributed by atoms with E-state index in [1.807, 2.05) is 36.4 Å².